The molecule has 0 radical (unpaired) electrons. The fourth-order valence-electron chi connectivity index (χ4n) is 1.63. The van der Waals surface area contributed by atoms with Gasteiger partial charge in [-0.05, 0) is 18.2 Å². The molecule has 0 aliphatic heterocycles. The van der Waals surface area contributed by atoms with Gasteiger partial charge in [0.25, 0.3) is 5.89 Å². The number of nitrogens with zero attached hydrogens (tertiary/aromatic N) is 2. The van der Waals surface area contributed by atoms with E-state index in [4.69, 9.17) is 20.9 Å². The summed E-state index contributed by atoms with van der Waals surface area (Å²) in [6.45, 7) is 1.89. The molecule has 1 N–H and O–H groups in total. The average molecular weight is 296 g/mol. The highest BCUT2D eigenvalue weighted by Crippen LogP contribution is 2.29. The molecule has 1 aromatic carbocycles. The number of anilines is 1. The monoisotopic (exact) mass is 295 g/mol. The standard InChI is InChI=1S/C13H14ClN3O3/c1-3-11-16-13(20-17-11)9-6-8(14)4-5-10(9)15-12(18)7-19-2/h4-6H,3,7H2,1-2H3,(H,15,18). The van der Waals surface area contributed by atoms with Crippen LogP contribution in [0.25, 0.3) is 11.5 Å². The Hall–Kier alpha value is -1.92. The summed E-state index contributed by atoms with van der Waals surface area (Å²) < 4.78 is 9.95. The van der Waals surface area contributed by atoms with Crippen molar-refractivity contribution in [1.82, 2.24) is 10.1 Å². The molecular weight excluding hydrogens is 282 g/mol. The average Bonchev–Trinajstić information content (AvgIpc) is 2.90. The molecule has 1 heterocycles. The maximum Gasteiger partial charge on any atom is 0.260 e. The fourth-order valence-corrected chi connectivity index (χ4v) is 1.80. The third kappa shape index (κ3) is 3.34. The number of hydrogen-bond donors (Lipinski definition) is 1. The molecule has 2 rings (SSSR count). The number of ether oxygens (including phenoxy) is 1. The Balaban J connectivity index is 2.35. The molecule has 0 bridgehead atoms. The summed E-state index contributed by atoms with van der Waals surface area (Å²) in [6.07, 6.45) is 0.662. The molecule has 0 fully saturated rings. The number of methoxy groups -OCH3 is 1. The number of benzene rings is 1. The lowest BCUT2D eigenvalue weighted by Gasteiger charge is -2.08. The van der Waals surface area contributed by atoms with Crippen molar-refractivity contribution >= 4 is 23.2 Å². The molecule has 0 unspecified atom stereocenters. The van der Waals surface area contributed by atoms with Gasteiger partial charge in [0.05, 0.1) is 11.3 Å². The van der Waals surface area contributed by atoms with Gasteiger partial charge in [0, 0.05) is 18.6 Å². The number of hydrogen-bond acceptors (Lipinski definition) is 5. The summed E-state index contributed by atoms with van der Waals surface area (Å²) in [5.41, 5.74) is 1.12. The highest BCUT2D eigenvalue weighted by atomic mass is 35.5. The molecule has 106 valence electrons. The molecule has 0 aliphatic carbocycles. The minimum Gasteiger partial charge on any atom is -0.375 e. The Morgan fingerprint density at radius 3 is 2.95 bits per heavy atom. The fraction of sp³-hybridized carbons (Fsp3) is 0.308. The van der Waals surface area contributed by atoms with Gasteiger partial charge in [0.15, 0.2) is 5.82 Å². The molecule has 0 atom stereocenters. The van der Waals surface area contributed by atoms with Gasteiger partial charge in [-0.3, -0.25) is 4.79 Å². The number of nitrogens with one attached hydrogen (secondary N) is 1. The van der Waals surface area contributed by atoms with E-state index in [-0.39, 0.29) is 12.5 Å². The second kappa shape index (κ2) is 6.49. The van der Waals surface area contributed by atoms with Crippen LogP contribution in [0.3, 0.4) is 0 Å². The van der Waals surface area contributed by atoms with Crippen LogP contribution in [0.1, 0.15) is 12.7 Å². The molecule has 20 heavy (non-hydrogen) atoms. The molecule has 6 nitrogen and oxygen atoms in total. The van der Waals surface area contributed by atoms with Crippen LogP contribution in [-0.2, 0) is 16.0 Å². The van der Waals surface area contributed by atoms with E-state index < -0.39 is 0 Å². The number of aryl methyl sites for hydroxylation is 1. The highest BCUT2D eigenvalue weighted by molar-refractivity contribution is 6.31. The maximum absolute atomic E-state index is 11.6. The zero-order valence-corrected chi connectivity index (χ0v) is 11.9. The molecule has 0 spiro atoms. The second-order valence-corrected chi connectivity index (χ2v) is 4.48. The minimum atomic E-state index is -0.272. The van der Waals surface area contributed by atoms with Gasteiger partial charge < -0.3 is 14.6 Å². The van der Waals surface area contributed by atoms with E-state index in [1.165, 1.54) is 7.11 Å². The number of rotatable bonds is 5. The van der Waals surface area contributed by atoms with E-state index in [9.17, 15) is 4.79 Å². The third-order valence-corrected chi connectivity index (χ3v) is 2.78. The van der Waals surface area contributed by atoms with Gasteiger partial charge in [-0.1, -0.05) is 23.7 Å². The predicted molar refractivity (Wildman–Crippen MR) is 74.6 cm³/mol. The summed E-state index contributed by atoms with van der Waals surface area (Å²) in [5.74, 6) is 0.637. The first kappa shape index (κ1) is 14.5. The maximum atomic E-state index is 11.6. The van der Waals surface area contributed by atoms with E-state index in [0.29, 0.717) is 34.4 Å². The van der Waals surface area contributed by atoms with Crippen LogP contribution < -0.4 is 5.32 Å². The number of carbonyl (C=O) groups excluding carboxylic acids is 1. The predicted octanol–water partition coefficient (Wildman–Crippen LogP) is 2.54. The lowest BCUT2D eigenvalue weighted by atomic mass is 10.1. The Labute approximate surface area is 121 Å². The van der Waals surface area contributed by atoms with Gasteiger partial charge in [-0.2, -0.15) is 4.98 Å². The van der Waals surface area contributed by atoms with Crippen molar-refractivity contribution in [1.29, 1.82) is 0 Å². The zero-order chi connectivity index (χ0) is 14.5. The molecule has 0 saturated carbocycles. The van der Waals surface area contributed by atoms with E-state index in [1.807, 2.05) is 6.92 Å². The Morgan fingerprint density at radius 1 is 1.50 bits per heavy atom. The molecule has 1 aromatic heterocycles. The van der Waals surface area contributed by atoms with Crippen LogP contribution in [0.5, 0.6) is 0 Å². The zero-order valence-electron chi connectivity index (χ0n) is 11.1. The Bertz CT molecular complexity index is 613. The van der Waals surface area contributed by atoms with Crippen LogP contribution in [0.15, 0.2) is 22.7 Å². The quantitative estimate of drug-likeness (QED) is 0.917. The van der Waals surface area contributed by atoms with Crippen LogP contribution in [0.4, 0.5) is 5.69 Å². The van der Waals surface area contributed by atoms with Crippen LogP contribution in [-0.4, -0.2) is 29.8 Å². The van der Waals surface area contributed by atoms with Gasteiger partial charge in [0.1, 0.15) is 6.61 Å². The van der Waals surface area contributed by atoms with Crippen molar-refractivity contribution in [2.75, 3.05) is 19.0 Å². The van der Waals surface area contributed by atoms with Crippen molar-refractivity contribution in [2.45, 2.75) is 13.3 Å². The molecular formula is C13H14ClN3O3. The second-order valence-electron chi connectivity index (χ2n) is 4.04. The topological polar surface area (TPSA) is 77.2 Å². The van der Waals surface area contributed by atoms with Crippen LogP contribution in [0, 0.1) is 0 Å². The lowest BCUT2D eigenvalue weighted by molar-refractivity contribution is -0.119. The van der Waals surface area contributed by atoms with Crippen LogP contribution >= 0.6 is 11.6 Å². The van der Waals surface area contributed by atoms with Gasteiger partial charge in [-0.25, -0.2) is 0 Å². The molecule has 7 heteroatoms. The molecule has 0 saturated heterocycles. The SMILES string of the molecule is CCc1noc(-c2cc(Cl)ccc2NC(=O)COC)n1. The Kier molecular flexibility index (Phi) is 4.70. The van der Waals surface area contributed by atoms with Crippen molar-refractivity contribution in [2.24, 2.45) is 0 Å². The first-order valence-electron chi connectivity index (χ1n) is 6.05. The number of halogens is 1. The lowest BCUT2D eigenvalue weighted by Crippen LogP contribution is -2.17. The number of amides is 1. The van der Waals surface area contributed by atoms with E-state index >= 15 is 0 Å². The summed E-state index contributed by atoms with van der Waals surface area (Å²) in [7, 11) is 1.45. The highest BCUT2D eigenvalue weighted by Gasteiger charge is 2.15. The van der Waals surface area contributed by atoms with Crippen LogP contribution in [0.2, 0.25) is 5.02 Å². The Morgan fingerprint density at radius 2 is 2.30 bits per heavy atom. The number of aromatic nitrogens is 2. The summed E-state index contributed by atoms with van der Waals surface area (Å²) in [5, 5.41) is 7.06. The normalized spacial score (nSPS) is 10.6. The first-order chi connectivity index (χ1) is 9.63. The van der Waals surface area contributed by atoms with Gasteiger partial charge in [0.2, 0.25) is 5.91 Å². The summed E-state index contributed by atoms with van der Waals surface area (Å²) >= 11 is 5.98. The van der Waals surface area contributed by atoms with Crippen molar-refractivity contribution in [3.05, 3.63) is 29.0 Å². The van der Waals surface area contributed by atoms with Gasteiger partial charge in [-0.15, -0.1) is 0 Å². The molecule has 2 aromatic rings. The first-order valence-corrected chi connectivity index (χ1v) is 6.43. The molecule has 1 amide bonds. The van der Waals surface area contributed by atoms with E-state index in [1.54, 1.807) is 18.2 Å². The van der Waals surface area contributed by atoms with E-state index in [0.717, 1.165) is 0 Å². The van der Waals surface area contributed by atoms with Crippen molar-refractivity contribution in [3.8, 4) is 11.5 Å². The van der Waals surface area contributed by atoms with E-state index in [2.05, 4.69) is 15.5 Å². The largest absolute Gasteiger partial charge is 0.375 e. The van der Waals surface area contributed by atoms with Gasteiger partial charge >= 0.3 is 0 Å². The number of carbonyl (C=O) groups is 1. The van der Waals surface area contributed by atoms with Crippen molar-refractivity contribution < 1.29 is 14.1 Å². The minimum absolute atomic E-state index is 0.0356. The van der Waals surface area contributed by atoms with Crippen molar-refractivity contribution in [3.63, 3.8) is 0 Å². The third-order valence-electron chi connectivity index (χ3n) is 2.55. The molecule has 0 aliphatic rings. The summed E-state index contributed by atoms with van der Waals surface area (Å²) in [4.78, 5) is 15.8. The smallest absolute Gasteiger partial charge is 0.260 e. The summed E-state index contributed by atoms with van der Waals surface area (Å²) in [6, 6.07) is 5.02.